The fraction of sp³-hybridized carbons (Fsp3) is 0. The molecule has 0 aliphatic carbocycles. The smallest absolute Gasteiger partial charge is 0.232 e. The zero-order valence-corrected chi connectivity index (χ0v) is 7.52. The molecule has 0 bridgehead atoms. The number of nitrogens with zero attached hydrogens (tertiary/aromatic N) is 1. The molecule has 0 aliphatic heterocycles. The van der Waals surface area contributed by atoms with Crippen molar-refractivity contribution in [2.75, 3.05) is 0 Å². The quantitative estimate of drug-likeness (QED) is 0.598. The summed E-state index contributed by atoms with van der Waals surface area (Å²) in [5.41, 5.74) is 0. The Morgan fingerprint density at radius 1 is 1.64 bits per heavy atom. The van der Waals surface area contributed by atoms with Gasteiger partial charge in [-0.15, -0.1) is 0 Å². The number of hydrogen-bond acceptors (Lipinski definition) is 2. The first-order chi connectivity index (χ1) is 5.11. The molecule has 0 amide bonds. The zero-order chi connectivity index (χ0) is 8.43. The second kappa shape index (κ2) is 3.38. The highest BCUT2D eigenvalue weighted by atomic mass is 79.9. The monoisotopic (exact) mass is 239 g/mol. The Kier molecular flexibility index (Phi) is 2.69. The Bertz CT molecular complexity index is 307. The first-order valence-corrected chi connectivity index (χ1v) is 4.44. The summed E-state index contributed by atoms with van der Waals surface area (Å²) < 4.78 is 31.7. The first-order valence-electron chi connectivity index (χ1n) is 2.54. The standard InChI is InChI=1S/C5H3BrFNO2S/c6-4-2-1-3(11(9)10)5(7)8-4/h1-2H,(H,9,10). The summed E-state index contributed by atoms with van der Waals surface area (Å²) in [5, 5.41) is 0. The van der Waals surface area contributed by atoms with Crippen molar-refractivity contribution in [2.24, 2.45) is 0 Å². The van der Waals surface area contributed by atoms with Crippen molar-refractivity contribution >= 4 is 27.0 Å². The minimum absolute atomic E-state index is 0.296. The lowest BCUT2D eigenvalue weighted by molar-refractivity contribution is 0.523. The molecule has 0 spiro atoms. The normalized spacial score (nSPS) is 13.0. The largest absolute Gasteiger partial charge is 0.302 e. The minimum atomic E-state index is -2.31. The number of aromatic nitrogens is 1. The van der Waals surface area contributed by atoms with E-state index < -0.39 is 17.0 Å². The van der Waals surface area contributed by atoms with Crippen LogP contribution in [0.5, 0.6) is 0 Å². The summed E-state index contributed by atoms with van der Waals surface area (Å²) in [7, 11) is 0. The van der Waals surface area contributed by atoms with Crippen LogP contribution in [0.1, 0.15) is 0 Å². The Morgan fingerprint density at radius 3 is 2.73 bits per heavy atom. The van der Waals surface area contributed by atoms with E-state index in [1.54, 1.807) is 0 Å². The van der Waals surface area contributed by atoms with E-state index in [1.807, 2.05) is 0 Å². The van der Waals surface area contributed by atoms with Gasteiger partial charge in [-0.2, -0.15) is 4.39 Å². The summed E-state index contributed by atoms with van der Waals surface area (Å²) in [4.78, 5) is 2.98. The molecule has 1 unspecified atom stereocenters. The van der Waals surface area contributed by atoms with Crippen LogP contribution < -0.4 is 0 Å². The van der Waals surface area contributed by atoms with Crippen LogP contribution in [-0.2, 0) is 11.1 Å². The molecule has 0 aliphatic rings. The van der Waals surface area contributed by atoms with E-state index in [0.717, 1.165) is 0 Å². The average molecular weight is 240 g/mol. The van der Waals surface area contributed by atoms with Crippen molar-refractivity contribution < 1.29 is 13.2 Å². The molecule has 6 heteroatoms. The van der Waals surface area contributed by atoms with Gasteiger partial charge in [0.15, 0.2) is 11.1 Å². The molecule has 1 N–H and O–H groups in total. The van der Waals surface area contributed by atoms with Gasteiger partial charge in [0.1, 0.15) is 9.50 Å². The number of halogens is 2. The van der Waals surface area contributed by atoms with Crippen molar-refractivity contribution in [3.05, 3.63) is 22.7 Å². The molecule has 11 heavy (non-hydrogen) atoms. The van der Waals surface area contributed by atoms with Gasteiger partial charge >= 0.3 is 0 Å². The summed E-state index contributed by atoms with van der Waals surface area (Å²) in [5.74, 6) is -0.930. The topological polar surface area (TPSA) is 50.2 Å². The molecule has 0 saturated carbocycles. The van der Waals surface area contributed by atoms with Crippen molar-refractivity contribution in [3.8, 4) is 0 Å². The van der Waals surface area contributed by atoms with Crippen LogP contribution in [0.25, 0.3) is 0 Å². The highest BCUT2D eigenvalue weighted by Crippen LogP contribution is 2.12. The molecule has 1 heterocycles. The molecule has 1 aromatic rings. The van der Waals surface area contributed by atoms with Gasteiger partial charge in [-0.05, 0) is 28.1 Å². The lowest BCUT2D eigenvalue weighted by atomic mass is 10.5. The summed E-state index contributed by atoms with van der Waals surface area (Å²) in [6, 6.07) is 2.59. The van der Waals surface area contributed by atoms with Gasteiger partial charge < -0.3 is 4.55 Å². The maximum Gasteiger partial charge on any atom is 0.232 e. The van der Waals surface area contributed by atoms with Crippen molar-refractivity contribution in [2.45, 2.75) is 4.90 Å². The van der Waals surface area contributed by atoms with Crippen molar-refractivity contribution in [3.63, 3.8) is 0 Å². The van der Waals surface area contributed by atoms with Crippen LogP contribution in [0, 0.1) is 5.95 Å². The third-order valence-corrected chi connectivity index (χ3v) is 2.09. The second-order valence-corrected chi connectivity index (χ2v) is 3.42. The van der Waals surface area contributed by atoms with Gasteiger partial charge in [-0.25, -0.2) is 9.19 Å². The maximum absolute atomic E-state index is 12.6. The van der Waals surface area contributed by atoms with Gasteiger partial charge in [0.2, 0.25) is 5.95 Å². The molecule has 0 fully saturated rings. The SMILES string of the molecule is O=S(O)c1ccc(Br)nc1F. The van der Waals surface area contributed by atoms with Gasteiger partial charge in [-0.1, -0.05) is 0 Å². The molecular weight excluding hydrogens is 237 g/mol. The molecule has 0 aromatic carbocycles. The van der Waals surface area contributed by atoms with E-state index in [-0.39, 0.29) is 4.90 Å². The van der Waals surface area contributed by atoms with E-state index in [0.29, 0.717) is 4.60 Å². The predicted octanol–water partition coefficient (Wildman–Crippen LogP) is 1.56. The predicted molar refractivity (Wildman–Crippen MR) is 40.9 cm³/mol. The van der Waals surface area contributed by atoms with Crippen molar-refractivity contribution in [1.82, 2.24) is 4.98 Å². The Labute approximate surface area is 73.1 Å². The van der Waals surface area contributed by atoms with E-state index >= 15 is 0 Å². The average Bonchev–Trinajstić information content (AvgIpc) is 1.85. The number of rotatable bonds is 1. The lowest BCUT2D eigenvalue weighted by Gasteiger charge is -1.95. The highest BCUT2D eigenvalue weighted by Gasteiger charge is 2.08. The fourth-order valence-corrected chi connectivity index (χ4v) is 1.19. The molecule has 0 radical (unpaired) electrons. The van der Waals surface area contributed by atoms with E-state index in [4.69, 9.17) is 4.55 Å². The van der Waals surface area contributed by atoms with Gasteiger partial charge in [0.05, 0.1) is 0 Å². The van der Waals surface area contributed by atoms with Crippen LogP contribution in [0.15, 0.2) is 21.6 Å². The Balaban J connectivity index is 3.20. The molecule has 1 atom stereocenters. The van der Waals surface area contributed by atoms with E-state index in [2.05, 4.69) is 20.9 Å². The fourth-order valence-electron chi connectivity index (χ4n) is 0.530. The Morgan fingerprint density at radius 2 is 2.27 bits per heavy atom. The highest BCUT2D eigenvalue weighted by molar-refractivity contribution is 9.10. The lowest BCUT2D eigenvalue weighted by Crippen LogP contribution is -1.95. The molecule has 3 nitrogen and oxygen atoms in total. The van der Waals surface area contributed by atoms with Crippen LogP contribution in [0.2, 0.25) is 0 Å². The minimum Gasteiger partial charge on any atom is -0.302 e. The first kappa shape index (κ1) is 8.76. The third-order valence-electron chi connectivity index (χ3n) is 0.969. The molecular formula is C5H3BrFNO2S. The van der Waals surface area contributed by atoms with Gasteiger partial charge in [0.25, 0.3) is 0 Å². The Hall–Kier alpha value is -0.330. The van der Waals surface area contributed by atoms with Crippen LogP contribution in [0.4, 0.5) is 4.39 Å². The number of hydrogen-bond donors (Lipinski definition) is 1. The third kappa shape index (κ3) is 2.05. The molecule has 1 rings (SSSR count). The number of pyridine rings is 1. The van der Waals surface area contributed by atoms with Crippen LogP contribution in [0.3, 0.4) is 0 Å². The zero-order valence-electron chi connectivity index (χ0n) is 5.12. The van der Waals surface area contributed by atoms with E-state index in [1.165, 1.54) is 12.1 Å². The second-order valence-electron chi connectivity index (χ2n) is 1.67. The van der Waals surface area contributed by atoms with Crippen molar-refractivity contribution in [1.29, 1.82) is 0 Å². The van der Waals surface area contributed by atoms with Crippen LogP contribution >= 0.6 is 15.9 Å². The van der Waals surface area contributed by atoms with E-state index in [9.17, 15) is 8.60 Å². The summed E-state index contributed by atoms with van der Waals surface area (Å²) >= 11 is 0.607. The maximum atomic E-state index is 12.6. The summed E-state index contributed by atoms with van der Waals surface area (Å²) in [6.07, 6.45) is 0. The molecule has 60 valence electrons. The molecule has 0 saturated heterocycles. The van der Waals surface area contributed by atoms with Gasteiger partial charge in [-0.3, -0.25) is 0 Å². The summed E-state index contributed by atoms with van der Waals surface area (Å²) in [6.45, 7) is 0. The van der Waals surface area contributed by atoms with Crippen LogP contribution in [-0.4, -0.2) is 13.7 Å². The van der Waals surface area contributed by atoms with Gasteiger partial charge in [0, 0.05) is 0 Å². The molecule has 1 aromatic heterocycles.